The third-order valence-electron chi connectivity index (χ3n) is 4.03. The Morgan fingerprint density at radius 2 is 2.07 bits per heavy atom. The maximum Gasteiger partial charge on any atom is 0.239 e. The summed E-state index contributed by atoms with van der Waals surface area (Å²) in [4.78, 5) is 14.3. The second-order valence-corrected chi connectivity index (χ2v) is 5.04. The zero-order valence-corrected chi connectivity index (χ0v) is 9.83. The molecule has 2 rings (SSSR count). The molecular formula is C12H22N2O. The molecule has 15 heavy (non-hydrogen) atoms. The Balaban J connectivity index is 1.95. The normalized spacial score (nSPS) is 36.9. The van der Waals surface area contributed by atoms with E-state index in [0.29, 0.717) is 17.9 Å². The van der Waals surface area contributed by atoms with Gasteiger partial charge in [0.25, 0.3) is 0 Å². The van der Waals surface area contributed by atoms with Crippen LogP contribution in [0.1, 0.15) is 39.5 Å². The lowest BCUT2D eigenvalue weighted by Crippen LogP contribution is -2.49. The molecule has 3 atom stereocenters. The van der Waals surface area contributed by atoms with Crippen LogP contribution in [0.25, 0.3) is 0 Å². The van der Waals surface area contributed by atoms with Crippen LogP contribution < -0.4 is 5.32 Å². The molecule has 3 heteroatoms. The monoisotopic (exact) mass is 210 g/mol. The first-order valence-electron chi connectivity index (χ1n) is 6.24. The first kappa shape index (κ1) is 10.9. The van der Waals surface area contributed by atoms with Crippen molar-refractivity contribution < 1.29 is 4.79 Å². The first-order valence-corrected chi connectivity index (χ1v) is 6.24. The standard InChI is InChI=1S/C12H22N2O/c1-9-6-8-14(10(9)2)12(15)11-5-3-4-7-13-11/h9-11,13H,3-8H2,1-2H3/t9?,10?,11-/m1/s1. The average molecular weight is 210 g/mol. The molecule has 2 aliphatic rings. The van der Waals surface area contributed by atoms with E-state index in [1.54, 1.807) is 0 Å². The Bertz CT molecular complexity index is 236. The highest BCUT2D eigenvalue weighted by Crippen LogP contribution is 2.25. The summed E-state index contributed by atoms with van der Waals surface area (Å²) in [6.07, 6.45) is 4.60. The summed E-state index contributed by atoms with van der Waals surface area (Å²) in [5.74, 6) is 1.00. The van der Waals surface area contributed by atoms with Crippen molar-refractivity contribution >= 4 is 5.91 Å². The number of likely N-dealkylation sites (tertiary alicyclic amines) is 1. The Hall–Kier alpha value is -0.570. The van der Waals surface area contributed by atoms with Crippen LogP contribution in [0.4, 0.5) is 0 Å². The smallest absolute Gasteiger partial charge is 0.239 e. The highest BCUT2D eigenvalue weighted by molar-refractivity contribution is 5.82. The summed E-state index contributed by atoms with van der Waals surface area (Å²) < 4.78 is 0. The van der Waals surface area contributed by atoms with Gasteiger partial charge in [-0.25, -0.2) is 0 Å². The van der Waals surface area contributed by atoms with Gasteiger partial charge in [-0.05, 0) is 38.6 Å². The third-order valence-corrected chi connectivity index (χ3v) is 4.03. The summed E-state index contributed by atoms with van der Waals surface area (Å²) in [6.45, 7) is 6.39. The van der Waals surface area contributed by atoms with Gasteiger partial charge < -0.3 is 10.2 Å². The lowest BCUT2D eigenvalue weighted by atomic mass is 10.0. The van der Waals surface area contributed by atoms with Crippen LogP contribution in [0.15, 0.2) is 0 Å². The van der Waals surface area contributed by atoms with E-state index in [2.05, 4.69) is 24.1 Å². The van der Waals surface area contributed by atoms with E-state index in [1.807, 2.05) is 0 Å². The minimum atomic E-state index is 0.103. The molecule has 1 amide bonds. The SMILES string of the molecule is CC1CCN(C(=O)[C@H]2CCCCN2)C1C. The summed E-state index contributed by atoms with van der Waals surface area (Å²) in [6, 6.07) is 0.535. The molecule has 2 unspecified atom stereocenters. The minimum absolute atomic E-state index is 0.103. The first-order chi connectivity index (χ1) is 7.20. The van der Waals surface area contributed by atoms with Crippen molar-refractivity contribution in [2.75, 3.05) is 13.1 Å². The topological polar surface area (TPSA) is 32.3 Å². The van der Waals surface area contributed by atoms with Crippen LogP contribution in [0.5, 0.6) is 0 Å². The molecule has 0 bridgehead atoms. The van der Waals surface area contributed by atoms with E-state index in [4.69, 9.17) is 0 Å². The number of carbonyl (C=O) groups is 1. The van der Waals surface area contributed by atoms with Crippen LogP contribution in [0.2, 0.25) is 0 Å². The van der Waals surface area contributed by atoms with E-state index in [9.17, 15) is 4.79 Å². The number of nitrogens with one attached hydrogen (secondary N) is 1. The number of hydrogen-bond acceptors (Lipinski definition) is 2. The molecule has 0 radical (unpaired) electrons. The number of piperidine rings is 1. The van der Waals surface area contributed by atoms with Crippen molar-refractivity contribution in [2.45, 2.75) is 51.6 Å². The molecule has 2 fully saturated rings. The zero-order chi connectivity index (χ0) is 10.8. The third kappa shape index (κ3) is 2.17. The second-order valence-electron chi connectivity index (χ2n) is 5.04. The number of rotatable bonds is 1. The predicted molar refractivity (Wildman–Crippen MR) is 60.6 cm³/mol. The van der Waals surface area contributed by atoms with Crippen molar-refractivity contribution in [3.05, 3.63) is 0 Å². The lowest BCUT2D eigenvalue weighted by Gasteiger charge is -2.30. The molecule has 0 aromatic rings. The summed E-state index contributed by atoms with van der Waals surface area (Å²) in [7, 11) is 0. The number of amides is 1. The fourth-order valence-electron chi connectivity index (χ4n) is 2.67. The Labute approximate surface area is 92.2 Å². The van der Waals surface area contributed by atoms with Crippen molar-refractivity contribution in [3.8, 4) is 0 Å². The Kier molecular flexibility index (Phi) is 3.29. The predicted octanol–water partition coefficient (Wildman–Crippen LogP) is 1.39. The second kappa shape index (κ2) is 4.52. The van der Waals surface area contributed by atoms with Crippen molar-refractivity contribution in [1.29, 1.82) is 0 Å². The van der Waals surface area contributed by atoms with E-state index in [0.717, 1.165) is 19.5 Å². The minimum Gasteiger partial charge on any atom is -0.338 e. The van der Waals surface area contributed by atoms with Gasteiger partial charge in [0.2, 0.25) is 5.91 Å². The van der Waals surface area contributed by atoms with Gasteiger partial charge in [-0.2, -0.15) is 0 Å². The summed E-state index contributed by atoms with van der Waals surface area (Å²) >= 11 is 0. The molecular weight excluding hydrogens is 188 g/mol. The number of hydrogen-bond donors (Lipinski definition) is 1. The van der Waals surface area contributed by atoms with Crippen LogP contribution in [0.3, 0.4) is 0 Å². The Morgan fingerprint density at radius 3 is 2.60 bits per heavy atom. The fourth-order valence-corrected chi connectivity index (χ4v) is 2.67. The molecule has 0 spiro atoms. The molecule has 0 aliphatic carbocycles. The molecule has 2 aliphatic heterocycles. The van der Waals surface area contributed by atoms with E-state index < -0.39 is 0 Å². The van der Waals surface area contributed by atoms with Crippen LogP contribution in [-0.4, -0.2) is 36.0 Å². The van der Waals surface area contributed by atoms with E-state index in [1.165, 1.54) is 19.3 Å². The van der Waals surface area contributed by atoms with Gasteiger partial charge in [-0.1, -0.05) is 13.3 Å². The van der Waals surface area contributed by atoms with Gasteiger partial charge in [0, 0.05) is 12.6 Å². The van der Waals surface area contributed by atoms with E-state index >= 15 is 0 Å². The van der Waals surface area contributed by atoms with Gasteiger partial charge in [-0.3, -0.25) is 4.79 Å². The fraction of sp³-hybridized carbons (Fsp3) is 0.917. The van der Waals surface area contributed by atoms with Gasteiger partial charge in [-0.15, -0.1) is 0 Å². The molecule has 1 N–H and O–H groups in total. The molecule has 2 saturated heterocycles. The lowest BCUT2D eigenvalue weighted by molar-refractivity contribution is -0.134. The summed E-state index contributed by atoms with van der Waals surface area (Å²) in [5, 5.41) is 3.34. The van der Waals surface area contributed by atoms with Crippen LogP contribution in [-0.2, 0) is 4.79 Å². The van der Waals surface area contributed by atoms with Crippen LogP contribution in [0, 0.1) is 5.92 Å². The van der Waals surface area contributed by atoms with Gasteiger partial charge in [0.1, 0.15) is 0 Å². The molecule has 0 aromatic carbocycles. The maximum atomic E-state index is 12.2. The zero-order valence-electron chi connectivity index (χ0n) is 9.83. The van der Waals surface area contributed by atoms with Crippen molar-refractivity contribution in [2.24, 2.45) is 5.92 Å². The molecule has 2 heterocycles. The van der Waals surface area contributed by atoms with Gasteiger partial charge in [0.15, 0.2) is 0 Å². The maximum absolute atomic E-state index is 12.2. The van der Waals surface area contributed by atoms with Gasteiger partial charge in [0.05, 0.1) is 6.04 Å². The number of nitrogens with zero attached hydrogens (tertiary/aromatic N) is 1. The highest BCUT2D eigenvalue weighted by atomic mass is 16.2. The quantitative estimate of drug-likeness (QED) is 0.709. The number of carbonyl (C=O) groups excluding carboxylic acids is 1. The summed E-state index contributed by atoms with van der Waals surface area (Å²) in [5.41, 5.74) is 0. The molecule has 86 valence electrons. The molecule has 0 aromatic heterocycles. The molecule has 3 nitrogen and oxygen atoms in total. The van der Waals surface area contributed by atoms with Crippen molar-refractivity contribution in [1.82, 2.24) is 10.2 Å². The Morgan fingerprint density at radius 1 is 1.27 bits per heavy atom. The van der Waals surface area contributed by atoms with E-state index in [-0.39, 0.29) is 6.04 Å². The largest absolute Gasteiger partial charge is 0.338 e. The highest BCUT2D eigenvalue weighted by Gasteiger charge is 2.34. The molecule has 0 saturated carbocycles. The average Bonchev–Trinajstić information content (AvgIpc) is 2.60. The van der Waals surface area contributed by atoms with Gasteiger partial charge >= 0.3 is 0 Å². The van der Waals surface area contributed by atoms with Crippen LogP contribution >= 0.6 is 0 Å². The van der Waals surface area contributed by atoms with Crippen molar-refractivity contribution in [3.63, 3.8) is 0 Å².